The Morgan fingerprint density at radius 3 is 2.41 bits per heavy atom. The van der Waals surface area contributed by atoms with Crippen molar-refractivity contribution < 1.29 is 13.2 Å². The average molecular weight is 538 g/mol. The fraction of sp³-hybridized carbons (Fsp3) is 0.650. The fourth-order valence-electron chi connectivity index (χ4n) is 3.11. The molecule has 1 fully saturated rings. The summed E-state index contributed by atoms with van der Waals surface area (Å²) in [4.78, 5) is 4.31. The fourth-order valence-corrected chi connectivity index (χ4v) is 4.24. The number of nitrogens with zero attached hydrogens (tertiary/aromatic N) is 2. The van der Waals surface area contributed by atoms with E-state index in [0.717, 1.165) is 24.2 Å². The minimum absolute atomic E-state index is 0. The van der Waals surface area contributed by atoms with Gasteiger partial charge in [-0.2, -0.15) is 0 Å². The van der Waals surface area contributed by atoms with Gasteiger partial charge in [-0.3, -0.25) is 4.99 Å². The maximum atomic E-state index is 12.0. The van der Waals surface area contributed by atoms with E-state index in [9.17, 15) is 8.42 Å². The molecule has 0 spiro atoms. The quantitative estimate of drug-likeness (QED) is 0.331. The van der Waals surface area contributed by atoms with Crippen molar-refractivity contribution in [2.45, 2.75) is 58.7 Å². The van der Waals surface area contributed by atoms with Crippen molar-refractivity contribution in [3.8, 4) is 5.75 Å². The molecule has 0 saturated carbocycles. The summed E-state index contributed by atoms with van der Waals surface area (Å²) in [5.41, 5.74) is 0.798. The summed E-state index contributed by atoms with van der Waals surface area (Å²) in [5.74, 6) is 1.73. The van der Waals surface area contributed by atoms with Crippen molar-refractivity contribution in [2.75, 3.05) is 25.9 Å². The van der Waals surface area contributed by atoms with Crippen LogP contribution >= 0.6 is 24.0 Å². The smallest absolute Gasteiger partial charge is 0.213 e. The van der Waals surface area contributed by atoms with Gasteiger partial charge in [0.15, 0.2) is 5.96 Å². The molecule has 0 atom stereocenters. The molecule has 166 valence electrons. The molecule has 0 aliphatic carbocycles. The molecule has 7 nitrogen and oxygen atoms in total. The van der Waals surface area contributed by atoms with Crippen LogP contribution in [0.5, 0.6) is 5.75 Å². The summed E-state index contributed by atoms with van der Waals surface area (Å²) in [6, 6.07) is 8.18. The number of piperidine rings is 1. The van der Waals surface area contributed by atoms with Crippen molar-refractivity contribution in [3.05, 3.63) is 29.8 Å². The first kappa shape index (κ1) is 26.0. The van der Waals surface area contributed by atoms with Crippen LogP contribution in [0.3, 0.4) is 0 Å². The highest BCUT2D eigenvalue weighted by molar-refractivity contribution is 14.0. The first-order chi connectivity index (χ1) is 13.1. The lowest BCUT2D eigenvalue weighted by Crippen LogP contribution is -2.49. The van der Waals surface area contributed by atoms with Gasteiger partial charge in [-0.1, -0.05) is 18.2 Å². The van der Waals surface area contributed by atoms with Crippen molar-refractivity contribution in [1.82, 2.24) is 14.9 Å². The van der Waals surface area contributed by atoms with Gasteiger partial charge in [-0.05, 0) is 46.6 Å². The highest BCUT2D eigenvalue weighted by Gasteiger charge is 2.27. The maximum Gasteiger partial charge on any atom is 0.213 e. The van der Waals surface area contributed by atoms with Crippen LogP contribution in [0.15, 0.2) is 29.3 Å². The number of hydrogen-bond acceptors (Lipinski definition) is 4. The van der Waals surface area contributed by atoms with Gasteiger partial charge in [0.05, 0.1) is 5.75 Å². The van der Waals surface area contributed by atoms with Crippen LogP contribution in [0.4, 0.5) is 0 Å². The van der Waals surface area contributed by atoms with Crippen LogP contribution < -0.4 is 15.4 Å². The third-order valence-electron chi connectivity index (χ3n) is 4.61. The summed E-state index contributed by atoms with van der Waals surface area (Å²) in [7, 11) is -1.36. The van der Waals surface area contributed by atoms with Crippen molar-refractivity contribution in [1.29, 1.82) is 0 Å². The number of ether oxygens (including phenoxy) is 1. The molecule has 1 aromatic rings. The van der Waals surface area contributed by atoms with Gasteiger partial charge in [0.25, 0.3) is 0 Å². The summed E-state index contributed by atoms with van der Waals surface area (Å²) in [6.07, 6.45) is 1.54. The number of halogens is 1. The topological polar surface area (TPSA) is 83.0 Å². The second-order valence-corrected chi connectivity index (χ2v) is 10.2. The monoisotopic (exact) mass is 538 g/mol. The first-order valence-electron chi connectivity index (χ1n) is 9.86. The minimum Gasteiger partial charge on any atom is -0.488 e. The molecule has 9 heteroatoms. The summed E-state index contributed by atoms with van der Waals surface area (Å²) in [6.45, 7) is 9.47. The molecule has 0 amide bonds. The number of hydrogen-bond donors (Lipinski definition) is 2. The van der Waals surface area contributed by atoms with E-state index >= 15 is 0 Å². The Kier molecular flexibility index (Phi) is 10.2. The van der Waals surface area contributed by atoms with E-state index in [4.69, 9.17) is 4.74 Å². The molecule has 1 aliphatic heterocycles. The summed E-state index contributed by atoms with van der Waals surface area (Å²) >= 11 is 0. The molecular formula is C20H35IN4O3S. The average Bonchev–Trinajstić information content (AvgIpc) is 2.65. The highest BCUT2D eigenvalue weighted by Crippen LogP contribution is 2.23. The van der Waals surface area contributed by atoms with Gasteiger partial charge < -0.3 is 15.4 Å². The predicted octanol–water partition coefficient (Wildman–Crippen LogP) is 2.96. The van der Waals surface area contributed by atoms with Crippen molar-refractivity contribution in [3.63, 3.8) is 0 Å². The number of aliphatic imine (C=N–C) groups is 1. The second kappa shape index (κ2) is 11.4. The van der Waals surface area contributed by atoms with Gasteiger partial charge in [0.2, 0.25) is 10.0 Å². The molecule has 2 N–H and O–H groups in total. The number of guanidine groups is 1. The maximum absolute atomic E-state index is 12.0. The molecular weight excluding hydrogens is 503 g/mol. The Bertz CT molecular complexity index is 770. The van der Waals surface area contributed by atoms with Gasteiger partial charge in [0, 0.05) is 38.3 Å². The summed E-state index contributed by atoms with van der Waals surface area (Å²) in [5, 5.41) is 6.75. The Balaban J connectivity index is 0.00000420. The zero-order chi connectivity index (χ0) is 20.8. The van der Waals surface area contributed by atoms with Crippen LogP contribution in [0, 0.1) is 0 Å². The first-order valence-corrected chi connectivity index (χ1v) is 11.5. The molecule has 0 aromatic heterocycles. The van der Waals surface area contributed by atoms with Gasteiger partial charge >= 0.3 is 0 Å². The SMILES string of the molecule is CCS(=O)(=O)N1CCC(NC(=NC)NCc2ccccc2OC(C)(C)C)CC1.I. The second-order valence-electron chi connectivity index (χ2n) is 7.97. The van der Waals surface area contributed by atoms with Gasteiger partial charge in [-0.25, -0.2) is 12.7 Å². The van der Waals surface area contributed by atoms with Crippen molar-refractivity contribution >= 4 is 40.0 Å². The lowest BCUT2D eigenvalue weighted by atomic mass is 10.1. The van der Waals surface area contributed by atoms with Crippen LogP contribution in [0.1, 0.15) is 46.1 Å². The van der Waals surface area contributed by atoms with Crippen LogP contribution in [0.25, 0.3) is 0 Å². The van der Waals surface area contributed by atoms with Crippen LogP contribution in [-0.4, -0.2) is 56.2 Å². The Labute approximate surface area is 192 Å². The van der Waals surface area contributed by atoms with E-state index in [1.165, 1.54) is 0 Å². The molecule has 0 unspecified atom stereocenters. The normalized spacial score (nSPS) is 16.8. The number of nitrogens with one attached hydrogen (secondary N) is 2. The number of rotatable bonds is 6. The van der Waals surface area contributed by atoms with E-state index in [2.05, 4.69) is 15.6 Å². The molecule has 0 bridgehead atoms. The third kappa shape index (κ3) is 8.29. The van der Waals surface area contributed by atoms with Crippen LogP contribution in [-0.2, 0) is 16.6 Å². The Morgan fingerprint density at radius 1 is 1.24 bits per heavy atom. The van der Waals surface area contributed by atoms with E-state index in [0.29, 0.717) is 25.6 Å². The third-order valence-corrected chi connectivity index (χ3v) is 6.49. The number of benzene rings is 1. The predicted molar refractivity (Wildman–Crippen MR) is 130 cm³/mol. The minimum atomic E-state index is -3.10. The molecule has 2 rings (SSSR count). The molecule has 1 aliphatic rings. The number of para-hydroxylation sites is 1. The summed E-state index contributed by atoms with van der Waals surface area (Å²) < 4.78 is 31.6. The van der Waals surface area contributed by atoms with Gasteiger partial charge in [0.1, 0.15) is 11.4 Å². The zero-order valence-corrected chi connectivity index (χ0v) is 21.2. The van der Waals surface area contributed by atoms with E-state index in [-0.39, 0.29) is 41.4 Å². The largest absolute Gasteiger partial charge is 0.488 e. The highest BCUT2D eigenvalue weighted by atomic mass is 127. The molecule has 29 heavy (non-hydrogen) atoms. The molecule has 1 heterocycles. The van der Waals surface area contributed by atoms with E-state index < -0.39 is 10.0 Å². The lowest BCUT2D eigenvalue weighted by Gasteiger charge is -2.32. The Morgan fingerprint density at radius 2 is 1.86 bits per heavy atom. The molecule has 0 radical (unpaired) electrons. The van der Waals surface area contributed by atoms with E-state index in [1.807, 2.05) is 45.0 Å². The standard InChI is InChI=1S/C20H34N4O3S.HI/c1-6-28(25,26)24-13-11-17(12-14-24)23-19(21-5)22-15-16-9-7-8-10-18(16)27-20(2,3)4;/h7-10,17H,6,11-15H2,1-5H3,(H2,21,22,23);1H. The van der Waals surface area contributed by atoms with Gasteiger partial charge in [-0.15, -0.1) is 24.0 Å². The lowest BCUT2D eigenvalue weighted by molar-refractivity contribution is 0.129. The number of sulfonamides is 1. The van der Waals surface area contributed by atoms with Crippen molar-refractivity contribution in [2.24, 2.45) is 4.99 Å². The zero-order valence-electron chi connectivity index (χ0n) is 18.1. The van der Waals surface area contributed by atoms with Crippen LogP contribution in [0.2, 0.25) is 0 Å². The van der Waals surface area contributed by atoms with E-state index in [1.54, 1.807) is 18.3 Å². The molecule has 1 saturated heterocycles. The molecule has 1 aromatic carbocycles. The Hall–Kier alpha value is -1.07.